The Morgan fingerprint density at radius 3 is 2.46 bits per heavy atom. The first kappa shape index (κ1) is 8.97. The Hall–Kier alpha value is -0.610. The lowest BCUT2D eigenvalue weighted by molar-refractivity contribution is 0.606. The summed E-state index contributed by atoms with van der Waals surface area (Å²) in [5, 5.41) is -0.0708. The van der Waals surface area contributed by atoms with Crippen LogP contribution in [-0.4, -0.2) is 13.4 Å². The number of hydrogen-bond donors (Lipinski definition) is 0. The minimum absolute atomic E-state index is 0.0708. The summed E-state index contributed by atoms with van der Waals surface area (Å²) in [6.45, 7) is 0. The van der Waals surface area contributed by atoms with Gasteiger partial charge in [-0.05, 0) is 30.4 Å². The van der Waals surface area contributed by atoms with E-state index >= 15 is 0 Å². The summed E-state index contributed by atoms with van der Waals surface area (Å²) < 4.78 is 21.7. The highest BCUT2D eigenvalue weighted by Gasteiger charge is 2.24. The highest BCUT2D eigenvalue weighted by Crippen LogP contribution is 2.39. The smallest absolute Gasteiger partial charge is 0.243 e. The summed E-state index contributed by atoms with van der Waals surface area (Å²) in [5.41, 5.74) is 1.10. The van der Waals surface area contributed by atoms with Crippen LogP contribution in [0.2, 0.25) is 0 Å². The van der Waals surface area contributed by atoms with E-state index in [9.17, 15) is 8.42 Å². The molecule has 1 aliphatic rings. The second-order valence-corrected chi connectivity index (χ2v) is 5.65. The van der Waals surface area contributed by atoms with Crippen molar-refractivity contribution in [3.63, 3.8) is 0 Å². The molecule has 0 saturated heterocycles. The zero-order valence-corrected chi connectivity index (χ0v) is 8.35. The van der Waals surface area contributed by atoms with Crippen molar-refractivity contribution >= 4 is 19.7 Å². The fraction of sp³-hybridized carbons (Fsp3) is 0.375. The first-order chi connectivity index (χ1) is 6.07. The summed E-state index contributed by atoms with van der Waals surface area (Å²) in [7, 11) is 1.45. The average Bonchev–Trinajstić information content (AvgIpc) is 2.85. The summed E-state index contributed by atoms with van der Waals surface area (Å²) in [6.07, 6.45) is 3.94. The number of pyridine rings is 1. The molecule has 0 spiro atoms. The van der Waals surface area contributed by atoms with E-state index in [1.54, 1.807) is 12.3 Å². The van der Waals surface area contributed by atoms with Gasteiger partial charge in [0.25, 0.3) is 9.05 Å². The van der Waals surface area contributed by atoms with Crippen molar-refractivity contribution < 1.29 is 8.42 Å². The molecule has 1 heterocycles. The normalized spacial score (nSPS) is 17.3. The summed E-state index contributed by atoms with van der Waals surface area (Å²) in [5.74, 6) is 0.583. The van der Waals surface area contributed by atoms with Gasteiger partial charge in [-0.1, -0.05) is 6.07 Å². The Kier molecular flexibility index (Phi) is 2.04. The molecular formula is C8H8ClNO2S. The van der Waals surface area contributed by atoms with Gasteiger partial charge in [0.1, 0.15) is 0 Å². The molecule has 0 N–H and O–H groups in total. The standard InChI is InChI=1S/C8H8ClNO2S/c9-13(11,12)8-4-3-7(5-10-8)6-1-2-6/h3-6H,1-2H2. The Labute approximate surface area is 81.2 Å². The highest BCUT2D eigenvalue weighted by molar-refractivity contribution is 8.13. The van der Waals surface area contributed by atoms with Crippen LogP contribution in [0.1, 0.15) is 24.3 Å². The summed E-state index contributed by atoms with van der Waals surface area (Å²) in [4.78, 5) is 3.79. The van der Waals surface area contributed by atoms with E-state index < -0.39 is 9.05 Å². The predicted molar refractivity (Wildman–Crippen MR) is 49.3 cm³/mol. The van der Waals surface area contributed by atoms with E-state index in [1.807, 2.05) is 0 Å². The van der Waals surface area contributed by atoms with Crippen molar-refractivity contribution in [2.45, 2.75) is 23.8 Å². The lowest BCUT2D eigenvalue weighted by Gasteiger charge is -1.97. The number of rotatable bonds is 2. The summed E-state index contributed by atoms with van der Waals surface area (Å²) in [6, 6.07) is 3.23. The van der Waals surface area contributed by atoms with E-state index in [0.717, 1.165) is 5.56 Å². The van der Waals surface area contributed by atoms with E-state index in [-0.39, 0.29) is 5.03 Å². The molecule has 1 aliphatic carbocycles. The Bertz CT molecular complexity index is 408. The topological polar surface area (TPSA) is 47.0 Å². The van der Waals surface area contributed by atoms with Gasteiger partial charge in [0, 0.05) is 16.9 Å². The van der Waals surface area contributed by atoms with Gasteiger partial charge in [-0.15, -0.1) is 0 Å². The van der Waals surface area contributed by atoms with Gasteiger partial charge >= 0.3 is 0 Å². The molecule has 70 valence electrons. The van der Waals surface area contributed by atoms with Gasteiger partial charge < -0.3 is 0 Å². The van der Waals surface area contributed by atoms with Gasteiger partial charge in [0.2, 0.25) is 0 Å². The van der Waals surface area contributed by atoms with Gasteiger partial charge in [0.05, 0.1) is 0 Å². The number of hydrogen-bond acceptors (Lipinski definition) is 3. The van der Waals surface area contributed by atoms with E-state index in [2.05, 4.69) is 4.98 Å². The lowest BCUT2D eigenvalue weighted by atomic mass is 10.2. The maximum absolute atomic E-state index is 10.8. The first-order valence-electron chi connectivity index (χ1n) is 3.98. The predicted octanol–water partition coefficient (Wildman–Crippen LogP) is 1.89. The molecule has 13 heavy (non-hydrogen) atoms. The third-order valence-electron chi connectivity index (χ3n) is 2.06. The van der Waals surface area contributed by atoms with Gasteiger partial charge in [-0.25, -0.2) is 13.4 Å². The minimum Gasteiger partial charge on any atom is -0.243 e. The second kappa shape index (κ2) is 2.96. The van der Waals surface area contributed by atoms with Crippen LogP contribution in [0.15, 0.2) is 23.4 Å². The van der Waals surface area contributed by atoms with Crippen molar-refractivity contribution in [3.05, 3.63) is 23.9 Å². The zero-order valence-electron chi connectivity index (χ0n) is 6.77. The molecular weight excluding hydrogens is 210 g/mol. The maximum Gasteiger partial charge on any atom is 0.278 e. The monoisotopic (exact) mass is 217 g/mol. The third kappa shape index (κ3) is 2.00. The quantitative estimate of drug-likeness (QED) is 0.711. The van der Waals surface area contributed by atoms with E-state index in [1.165, 1.54) is 18.9 Å². The highest BCUT2D eigenvalue weighted by atomic mass is 35.7. The van der Waals surface area contributed by atoms with Gasteiger partial charge in [0.15, 0.2) is 5.03 Å². The SMILES string of the molecule is O=S(=O)(Cl)c1ccc(C2CC2)cn1. The molecule has 2 rings (SSSR count). The maximum atomic E-state index is 10.8. The Balaban J connectivity index is 2.33. The van der Waals surface area contributed by atoms with Crippen LogP contribution in [0, 0.1) is 0 Å². The third-order valence-corrected chi connectivity index (χ3v) is 3.27. The molecule has 1 aromatic rings. The van der Waals surface area contributed by atoms with Crippen LogP contribution in [-0.2, 0) is 9.05 Å². The molecule has 0 bridgehead atoms. The first-order valence-corrected chi connectivity index (χ1v) is 6.29. The molecule has 0 atom stereocenters. The van der Waals surface area contributed by atoms with Gasteiger partial charge in [-0.2, -0.15) is 0 Å². The van der Waals surface area contributed by atoms with Crippen LogP contribution < -0.4 is 0 Å². The fourth-order valence-corrected chi connectivity index (χ4v) is 1.88. The number of nitrogens with zero attached hydrogens (tertiary/aromatic N) is 1. The number of halogens is 1. The van der Waals surface area contributed by atoms with Crippen LogP contribution in [0.25, 0.3) is 0 Å². The van der Waals surface area contributed by atoms with Crippen molar-refractivity contribution in [2.75, 3.05) is 0 Å². The van der Waals surface area contributed by atoms with E-state index in [4.69, 9.17) is 10.7 Å². The molecule has 5 heteroatoms. The van der Waals surface area contributed by atoms with Crippen molar-refractivity contribution in [3.8, 4) is 0 Å². The van der Waals surface area contributed by atoms with Crippen LogP contribution in [0.4, 0.5) is 0 Å². The fourth-order valence-electron chi connectivity index (χ4n) is 1.19. The molecule has 0 amide bonds. The molecule has 0 aromatic carbocycles. The summed E-state index contributed by atoms with van der Waals surface area (Å²) >= 11 is 0. The Morgan fingerprint density at radius 2 is 2.08 bits per heavy atom. The van der Waals surface area contributed by atoms with Crippen LogP contribution in [0.5, 0.6) is 0 Å². The zero-order chi connectivity index (χ0) is 9.47. The minimum atomic E-state index is -3.66. The molecule has 1 aromatic heterocycles. The Morgan fingerprint density at radius 1 is 1.38 bits per heavy atom. The van der Waals surface area contributed by atoms with Crippen molar-refractivity contribution in [1.82, 2.24) is 4.98 Å². The number of aromatic nitrogens is 1. The van der Waals surface area contributed by atoms with Crippen molar-refractivity contribution in [2.24, 2.45) is 0 Å². The van der Waals surface area contributed by atoms with Crippen molar-refractivity contribution in [1.29, 1.82) is 0 Å². The molecule has 0 radical (unpaired) electrons. The molecule has 1 fully saturated rings. The molecule has 0 aliphatic heterocycles. The van der Waals surface area contributed by atoms with Crippen LogP contribution >= 0.6 is 10.7 Å². The molecule has 1 saturated carbocycles. The second-order valence-electron chi connectivity index (χ2n) is 3.14. The lowest BCUT2D eigenvalue weighted by Crippen LogP contribution is -1.94. The average molecular weight is 218 g/mol. The largest absolute Gasteiger partial charge is 0.278 e. The molecule has 0 unspecified atom stereocenters. The van der Waals surface area contributed by atoms with Gasteiger partial charge in [-0.3, -0.25) is 0 Å². The van der Waals surface area contributed by atoms with E-state index in [0.29, 0.717) is 5.92 Å². The van der Waals surface area contributed by atoms with Crippen LogP contribution in [0.3, 0.4) is 0 Å². The molecule has 3 nitrogen and oxygen atoms in total.